The van der Waals surface area contributed by atoms with Gasteiger partial charge in [0.15, 0.2) is 0 Å². The third kappa shape index (κ3) is 4.64. The van der Waals surface area contributed by atoms with Crippen molar-refractivity contribution in [2.75, 3.05) is 27.3 Å². The van der Waals surface area contributed by atoms with E-state index in [1.54, 1.807) is 14.2 Å². The summed E-state index contributed by atoms with van der Waals surface area (Å²) < 4.78 is 11.0. The predicted molar refractivity (Wildman–Crippen MR) is 102 cm³/mol. The average molecular weight is 353 g/mol. The van der Waals surface area contributed by atoms with Crippen LogP contribution in [-0.2, 0) is 22.4 Å². The van der Waals surface area contributed by atoms with Crippen LogP contribution in [0.2, 0.25) is 0 Å². The van der Waals surface area contributed by atoms with Crippen LogP contribution < -0.4 is 4.74 Å². The zero-order valence-corrected chi connectivity index (χ0v) is 15.6. The van der Waals surface area contributed by atoms with Gasteiger partial charge in [-0.25, -0.2) is 0 Å². The van der Waals surface area contributed by atoms with Gasteiger partial charge in [0, 0.05) is 26.1 Å². The van der Waals surface area contributed by atoms with E-state index in [2.05, 4.69) is 24.3 Å². The predicted octanol–water partition coefficient (Wildman–Crippen LogP) is 3.34. The van der Waals surface area contributed by atoms with Crippen LogP contribution in [0, 0.1) is 5.92 Å². The lowest BCUT2D eigenvalue weighted by atomic mass is 9.88. The van der Waals surface area contributed by atoms with E-state index in [1.807, 2.05) is 35.2 Å². The molecule has 1 fully saturated rings. The molecular formula is C22H27NO3. The number of rotatable bonds is 6. The van der Waals surface area contributed by atoms with Crippen LogP contribution in [-0.4, -0.2) is 44.2 Å². The van der Waals surface area contributed by atoms with E-state index in [0.29, 0.717) is 12.3 Å². The third-order valence-corrected chi connectivity index (χ3v) is 5.15. The molecule has 0 aromatic heterocycles. The molecule has 3 rings (SSSR count). The molecule has 0 aliphatic carbocycles. The van der Waals surface area contributed by atoms with Crippen molar-refractivity contribution in [3.63, 3.8) is 0 Å². The number of nitrogens with zero attached hydrogens (tertiary/aromatic N) is 1. The second kappa shape index (κ2) is 8.86. The van der Waals surface area contributed by atoms with E-state index in [-0.39, 0.29) is 12.0 Å². The number of piperidine rings is 1. The van der Waals surface area contributed by atoms with Crippen molar-refractivity contribution in [3.05, 3.63) is 65.7 Å². The lowest BCUT2D eigenvalue weighted by Crippen LogP contribution is -2.47. The van der Waals surface area contributed by atoms with E-state index in [4.69, 9.17) is 9.47 Å². The fraction of sp³-hybridized carbons (Fsp3) is 0.409. The molecule has 26 heavy (non-hydrogen) atoms. The Morgan fingerprint density at radius 1 is 1.08 bits per heavy atom. The topological polar surface area (TPSA) is 38.8 Å². The normalized spacial score (nSPS) is 20.0. The number of methoxy groups -OCH3 is 2. The van der Waals surface area contributed by atoms with E-state index in [1.165, 1.54) is 5.56 Å². The van der Waals surface area contributed by atoms with Gasteiger partial charge in [-0.05, 0) is 36.1 Å². The molecule has 1 aliphatic heterocycles. The number of likely N-dealkylation sites (tertiary alicyclic amines) is 1. The first-order valence-corrected chi connectivity index (χ1v) is 9.17. The Morgan fingerprint density at radius 2 is 1.85 bits per heavy atom. The summed E-state index contributed by atoms with van der Waals surface area (Å²) in [6.45, 7) is 1.50. The molecule has 1 amide bonds. The average Bonchev–Trinajstić information content (AvgIpc) is 2.69. The van der Waals surface area contributed by atoms with Crippen LogP contribution in [0.1, 0.15) is 17.5 Å². The maximum atomic E-state index is 12.8. The van der Waals surface area contributed by atoms with Crippen molar-refractivity contribution in [3.8, 4) is 5.75 Å². The second-order valence-electron chi connectivity index (χ2n) is 6.88. The minimum Gasteiger partial charge on any atom is -0.497 e. The molecule has 0 unspecified atom stereocenters. The van der Waals surface area contributed by atoms with Crippen molar-refractivity contribution >= 4 is 5.91 Å². The van der Waals surface area contributed by atoms with Gasteiger partial charge in [-0.3, -0.25) is 4.79 Å². The van der Waals surface area contributed by atoms with Crippen molar-refractivity contribution in [1.29, 1.82) is 0 Å². The van der Waals surface area contributed by atoms with Crippen LogP contribution in [0.3, 0.4) is 0 Å². The smallest absolute Gasteiger partial charge is 0.227 e. The zero-order chi connectivity index (χ0) is 18.4. The van der Waals surface area contributed by atoms with Crippen LogP contribution in [0.15, 0.2) is 54.6 Å². The summed E-state index contributed by atoms with van der Waals surface area (Å²) in [4.78, 5) is 14.8. The van der Waals surface area contributed by atoms with Gasteiger partial charge in [0.2, 0.25) is 5.91 Å². The van der Waals surface area contributed by atoms with Gasteiger partial charge in [-0.1, -0.05) is 42.5 Å². The van der Waals surface area contributed by atoms with Gasteiger partial charge in [-0.15, -0.1) is 0 Å². The van der Waals surface area contributed by atoms with Crippen LogP contribution in [0.4, 0.5) is 0 Å². The van der Waals surface area contributed by atoms with E-state index in [0.717, 1.165) is 37.2 Å². The maximum Gasteiger partial charge on any atom is 0.227 e. The molecule has 0 spiro atoms. The molecule has 2 aromatic carbocycles. The fourth-order valence-corrected chi connectivity index (χ4v) is 3.73. The Bertz CT molecular complexity index is 716. The highest BCUT2D eigenvalue weighted by atomic mass is 16.5. The van der Waals surface area contributed by atoms with Crippen molar-refractivity contribution in [1.82, 2.24) is 4.90 Å². The summed E-state index contributed by atoms with van der Waals surface area (Å²) in [5, 5.41) is 0. The summed E-state index contributed by atoms with van der Waals surface area (Å²) in [6, 6.07) is 18.2. The SMILES string of the molecule is COc1cccc(CC(=O)N2CC[C@@H](OC)[C@@H](Cc3ccccc3)C2)c1. The van der Waals surface area contributed by atoms with Gasteiger partial charge in [0.25, 0.3) is 0 Å². The summed E-state index contributed by atoms with van der Waals surface area (Å²) in [6.07, 6.45) is 2.43. The summed E-state index contributed by atoms with van der Waals surface area (Å²) in [5.74, 6) is 1.28. The summed E-state index contributed by atoms with van der Waals surface area (Å²) in [7, 11) is 3.42. The van der Waals surface area contributed by atoms with Crippen LogP contribution in [0.5, 0.6) is 5.75 Å². The molecule has 0 bridgehead atoms. The Labute approximate surface area is 155 Å². The molecule has 2 aromatic rings. The minimum atomic E-state index is 0.172. The molecule has 1 saturated heterocycles. The van der Waals surface area contributed by atoms with Crippen molar-refractivity contribution in [2.24, 2.45) is 5.92 Å². The molecule has 4 nitrogen and oxygen atoms in total. The molecule has 138 valence electrons. The summed E-state index contributed by atoms with van der Waals surface area (Å²) >= 11 is 0. The third-order valence-electron chi connectivity index (χ3n) is 5.15. The number of hydrogen-bond acceptors (Lipinski definition) is 3. The number of carbonyl (C=O) groups is 1. The van der Waals surface area contributed by atoms with Crippen LogP contribution in [0.25, 0.3) is 0 Å². The molecule has 0 N–H and O–H groups in total. The zero-order valence-electron chi connectivity index (χ0n) is 15.6. The molecular weight excluding hydrogens is 326 g/mol. The van der Waals surface area contributed by atoms with Crippen LogP contribution >= 0.6 is 0 Å². The van der Waals surface area contributed by atoms with E-state index in [9.17, 15) is 4.79 Å². The summed E-state index contributed by atoms with van der Waals surface area (Å²) in [5.41, 5.74) is 2.28. The largest absolute Gasteiger partial charge is 0.497 e. The van der Waals surface area contributed by atoms with Crippen molar-refractivity contribution < 1.29 is 14.3 Å². The number of ether oxygens (including phenoxy) is 2. The molecule has 0 radical (unpaired) electrons. The highest BCUT2D eigenvalue weighted by molar-refractivity contribution is 5.79. The lowest BCUT2D eigenvalue weighted by Gasteiger charge is -2.38. The number of amides is 1. The molecule has 0 saturated carbocycles. The van der Waals surface area contributed by atoms with Gasteiger partial charge in [0.1, 0.15) is 5.75 Å². The van der Waals surface area contributed by atoms with E-state index >= 15 is 0 Å². The second-order valence-corrected chi connectivity index (χ2v) is 6.88. The van der Waals surface area contributed by atoms with Gasteiger partial charge >= 0.3 is 0 Å². The monoisotopic (exact) mass is 353 g/mol. The minimum absolute atomic E-state index is 0.172. The molecule has 2 atom stereocenters. The first kappa shape index (κ1) is 18.5. The first-order valence-electron chi connectivity index (χ1n) is 9.17. The van der Waals surface area contributed by atoms with Gasteiger partial charge < -0.3 is 14.4 Å². The first-order chi connectivity index (χ1) is 12.7. The quantitative estimate of drug-likeness (QED) is 0.799. The van der Waals surface area contributed by atoms with E-state index < -0.39 is 0 Å². The number of carbonyl (C=O) groups excluding carboxylic acids is 1. The molecule has 4 heteroatoms. The number of hydrogen-bond donors (Lipinski definition) is 0. The Morgan fingerprint density at radius 3 is 2.58 bits per heavy atom. The standard InChI is InChI=1S/C22H27NO3/c1-25-20-10-6-9-18(14-20)15-22(24)23-12-11-21(26-2)19(16-23)13-17-7-4-3-5-8-17/h3-10,14,19,21H,11-13,15-16H2,1-2H3/t19-,21+/m0/s1. The van der Waals surface area contributed by atoms with Gasteiger partial charge in [-0.2, -0.15) is 0 Å². The molecule has 1 heterocycles. The Kier molecular flexibility index (Phi) is 6.29. The Balaban J connectivity index is 1.65. The number of benzene rings is 2. The fourth-order valence-electron chi connectivity index (χ4n) is 3.73. The Hall–Kier alpha value is -2.33. The highest BCUT2D eigenvalue weighted by Gasteiger charge is 2.31. The highest BCUT2D eigenvalue weighted by Crippen LogP contribution is 2.24. The maximum absolute atomic E-state index is 12.8. The van der Waals surface area contributed by atoms with Crippen molar-refractivity contribution in [2.45, 2.75) is 25.4 Å². The lowest BCUT2D eigenvalue weighted by molar-refractivity contribution is -0.134. The molecule has 1 aliphatic rings. The van der Waals surface area contributed by atoms with Gasteiger partial charge in [0.05, 0.1) is 19.6 Å².